The van der Waals surface area contributed by atoms with Crippen LogP contribution in [0.5, 0.6) is 0 Å². The lowest BCUT2D eigenvalue weighted by molar-refractivity contribution is 0.628. The molecule has 0 bridgehead atoms. The lowest BCUT2D eigenvalue weighted by atomic mass is 10.0. The summed E-state index contributed by atoms with van der Waals surface area (Å²) in [5.41, 5.74) is 11.6. The Morgan fingerprint density at radius 1 is 0.960 bits per heavy atom. The van der Waals surface area contributed by atoms with Gasteiger partial charge in [0.1, 0.15) is 11.5 Å². The largest absolute Gasteiger partial charge is 0.324 e. The van der Waals surface area contributed by atoms with Crippen molar-refractivity contribution >= 4 is 5.52 Å². The summed E-state index contributed by atoms with van der Waals surface area (Å²) in [6, 6.07) is 14.2. The van der Waals surface area contributed by atoms with Crippen LogP contribution in [0, 0.1) is 5.82 Å². The van der Waals surface area contributed by atoms with Gasteiger partial charge in [-0.15, -0.1) is 0 Å². The highest BCUT2D eigenvalue weighted by Crippen LogP contribution is 2.35. The monoisotopic (exact) mass is 332 g/mol. The third-order valence-electron chi connectivity index (χ3n) is 4.26. The Labute approximate surface area is 144 Å². The molecular weight excluding hydrogens is 315 g/mol. The maximum Gasteiger partial charge on any atom is 0.123 e. The molecule has 0 aliphatic heterocycles. The van der Waals surface area contributed by atoms with Gasteiger partial charge in [-0.25, -0.2) is 8.91 Å². The zero-order chi connectivity index (χ0) is 17.4. The normalized spacial score (nSPS) is 12.4. The second-order valence-electron chi connectivity index (χ2n) is 6.05. The molecular formula is C20H17FN4. The Kier molecular flexibility index (Phi) is 3.78. The van der Waals surface area contributed by atoms with Crippen molar-refractivity contribution in [2.45, 2.75) is 13.0 Å². The fourth-order valence-corrected chi connectivity index (χ4v) is 2.95. The Morgan fingerprint density at radius 2 is 1.68 bits per heavy atom. The molecule has 124 valence electrons. The van der Waals surface area contributed by atoms with E-state index in [0.29, 0.717) is 0 Å². The van der Waals surface area contributed by atoms with Crippen LogP contribution in [-0.4, -0.2) is 14.6 Å². The van der Waals surface area contributed by atoms with Gasteiger partial charge in [0, 0.05) is 35.8 Å². The second-order valence-corrected chi connectivity index (χ2v) is 6.05. The Hall–Kier alpha value is -3.05. The average molecular weight is 332 g/mol. The molecule has 3 heterocycles. The molecule has 0 amide bonds. The average Bonchev–Trinajstić information content (AvgIpc) is 3.01. The number of rotatable bonds is 3. The molecule has 4 aromatic rings. The van der Waals surface area contributed by atoms with Gasteiger partial charge >= 0.3 is 0 Å². The molecule has 4 nitrogen and oxygen atoms in total. The van der Waals surface area contributed by atoms with Gasteiger partial charge in [-0.1, -0.05) is 6.07 Å². The van der Waals surface area contributed by atoms with Crippen molar-refractivity contribution in [3.05, 3.63) is 78.5 Å². The van der Waals surface area contributed by atoms with Crippen LogP contribution >= 0.6 is 0 Å². The highest BCUT2D eigenvalue weighted by atomic mass is 19.1. The maximum atomic E-state index is 13.3. The van der Waals surface area contributed by atoms with E-state index in [9.17, 15) is 4.39 Å². The predicted molar refractivity (Wildman–Crippen MR) is 96.4 cm³/mol. The Balaban J connectivity index is 2.01. The van der Waals surface area contributed by atoms with E-state index >= 15 is 0 Å². The molecule has 3 aromatic heterocycles. The Bertz CT molecular complexity index is 1020. The summed E-state index contributed by atoms with van der Waals surface area (Å²) in [7, 11) is 0. The zero-order valence-electron chi connectivity index (χ0n) is 13.7. The van der Waals surface area contributed by atoms with Crippen LogP contribution in [0.15, 0.2) is 67.1 Å². The summed E-state index contributed by atoms with van der Waals surface area (Å²) in [5.74, 6) is -0.266. The number of hydrogen-bond donors (Lipinski definition) is 1. The van der Waals surface area contributed by atoms with E-state index < -0.39 is 0 Å². The van der Waals surface area contributed by atoms with Crippen LogP contribution in [0.4, 0.5) is 4.39 Å². The minimum Gasteiger partial charge on any atom is -0.324 e. The van der Waals surface area contributed by atoms with Gasteiger partial charge in [0.05, 0.1) is 5.52 Å². The summed E-state index contributed by atoms with van der Waals surface area (Å²) in [5, 5.41) is 4.75. The van der Waals surface area contributed by atoms with Gasteiger partial charge in [-0.3, -0.25) is 4.98 Å². The molecule has 0 aliphatic rings. The van der Waals surface area contributed by atoms with E-state index in [-0.39, 0.29) is 11.9 Å². The first-order valence-electron chi connectivity index (χ1n) is 8.07. The van der Waals surface area contributed by atoms with Crippen molar-refractivity contribution in [2.75, 3.05) is 0 Å². The number of nitrogens with two attached hydrogens (primary N) is 1. The fraction of sp³-hybridized carbons (Fsp3) is 0.100. The van der Waals surface area contributed by atoms with E-state index in [1.54, 1.807) is 24.5 Å². The molecule has 0 saturated carbocycles. The first kappa shape index (κ1) is 15.5. The first-order valence-corrected chi connectivity index (χ1v) is 8.07. The molecule has 0 saturated heterocycles. The van der Waals surface area contributed by atoms with Gasteiger partial charge in [-0.05, 0) is 60.5 Å². The SMILES string of the molecule is C[C@@H](N)c1ccc2c(-c3ccncc3)c(-c3ccc(F)cc3)nn2c1. The first-order chi connectivity index (χ1) is 12.1. The van der Waals surface area contributed by atoms with E-state index in [0.717, 1.165) is 33.5 Å². The van der Waals surface area contributed by atoms with Crippen LogP contribution in [-0.2, 0) is 0 Å². The minimum atomic E-state index is -0.266. The highest BCUT2D eigenvalue weighted by Gasteiger charge is 2.17. The number of nitrogens with zero attached hydrogens (tertiary/aromatic N) is 3. The van der Waals surface area contributed by atoms with Crippen molar-refractivity contribution in [1.82, 2.24) is 14.6 Å². The van der Waals surface area contributed by atoms with Crippen LogP contribution in [0.25, 0.3) is 27.9 Å². The third kappa shape index (κ3) is 2.79. The summed E-state index contributed by atoms with van der Waals surface area (Å²) >= 11 is 0. The maximum absolute atomic E-state index is 13.3. The topological polar surface area (TPSA) is 56.2 Å². The fourth-order valence-electron chi connectivity index (χ4n) is 2.95. The molecule has 4 rings (SSSR count). The molecule has 0 fully saturated rings. The standard InChI is InChI=1S/C20H17FN4/c1-13(22)16-4-7-18-19(14-8-10-23-11-9-14)20(24-25(18)12-16)15-2-5-17(21)6-3-15/h2-13H,22H2,1H3/t13-/m1/s1. The van der Waals surface area contributed by atoms with E-state index in [2.05, 4.69) is 4.98 Å². The number of hydrogen-bond acceptors (Lipinski definition) is 3. The smallest absolute Gasteiger partial charge is 0.123 e. The lowest BCUT2D eigenvalue weighted by Gasteiger charge is -2.06. The van der Waals surface area contributed by atoms with Gasteiger partial charge in [-0.2, -0.15) is 5.10 Å². The van der Waals surface area contributed by atoms with Gasteiger partial charge in [0.25, 0.3) is 0 Å². The van der Waals surface area contributed by atoms with Gasteiger partial charge in [0.15, 0.2) is 0 Å². The summed E-state index contributed by atoms with van der Waals surface area (Å²) in [6.07, 6.45) is 5.45. The number of benzene rings is 1. The highest BCUT2D eigenvalue weighted by molar-refractivity contribution is 5.92. The molecule has 5 heteroatoms. The molecule has 1 atom stereocenters. The molecule has 25 heavy (non-hydrogen) atoms. The van der Waals surface area contributed by atoms with Crippen LogP contribution < -0.4 is 5.73 Å². The van der Waals surface area contributed by atoms with Crippen LogP contribution in [0.2, 0.25) is 0 Å². The van der Waals surface area contributed by atoms with Crippen molar-refractivity contribution in [1.29, 1.82) is 0 Å². The van der Waals surface area contributed by atoms with Crippen molar-refractivity contribution in [3.8, 4) is 22.4 Å². The molecule has 0 spiro atoms. The molecule has 0 radical (unpaired) electrons. The summed E-state index contributed by atoms with van der Waals surface area (Å²) in [4.78, 5) is 4.09. The predicted octanol–water partition coefficient (Wildman–Crippen LogP) is 4.22. The molecule has 1 aromatic carbocycles. The molecule has 2 N–H and O–H groups in total. The van der Waals surface area contributed by atoms with Crippen LogP contribution in [0.3, 0.4) is 0 Å². The number of aromatic nitrogens is 3. The zero-order valence-corrected chi connectivity index (χ0v) is 13.7. The van der Waals surface area contributed by atoms with Crippen LogP contribution in [0.1, 0.15) is 18.5 Å². The van der Waals surface area contributed by atoms with E-state index in [1.165, 1.54) is 12.1 Å². The third-order valence-corrected chi connectivity index (χ3v) is 4.26. The van der Waals surface area contributed by atoms with Gasteiger partial charge < -0.3 is 5.73 Å². The second kappa shape index (κ2) is 6.11. The van der Waals surface area contributed by atoms with E-state index in [4.69, 9.17) is 10.8 Å². The minimum absolute atomic E-state index is 0.0766. The van der Waals surface area contributed by atoms with Gasteiger partial charge in [0.2, 0.25) is 0 Å². The van der Waals surface area contributed by atoms with Crippen molar-refractivity contribution in [2.24, 2.45) is 5.73 Å². The number of fused-ring (bicyclic) bond motifs is 1. The summed E-state index contributed by atoms with van der Waals surface area (Å²) < 4.78 is 15.2. The summed E-state index contributed by atoms with van der Waals surface area (Å²) in [6.45, 7) is 1.94. The van der Waals surface area contributed by atoms with E-state index in [1.807, 2.05) is 41.9 Å². The van der Waals surface area contributed by atoms with Crippen molar-refractivity contribution in [3.63, 3.8) is 0 Å². The quantitative estimate of drug-likeness (QED) is 0.611. The molecule has 0 aliphatic carbocycles. The number of pyridine rings is 2. The number of halogens is 1. The van der Waals surface area contributed by atoms with Crippen molar-refractivity contribution < 1.29 is 4.39 Å². The molecule has 0 unspecified atom stereocenters. The Morgan fingerprint density at radius 3 is 2.36 bits per heavy atom. The lowest BCUT2D eigenvalue weighted by Crippen LogP contribution is -2.06.